The molecule has 2 aromatic rings. The second-order valence-electron chi connectivity index (χ2n) is 15.6. The van der Waals surface area contributed by atoms with Crippen molar-refractivity contribution in [1.82, 2.24) is 25.0 Å². The molecule has 324 valence electrons. The first kappa shape index (κ1) is 44.9. The largest absolute Gasteiger partial charge is 0.419 e. The number of hydrogen-bond acceptors (Lipinski definition) is 11. The molecule has 0 bridgehead atoms. The van der Waals surface area contributed by atoms with Crippen LogP contribution in [-0.4, -0.2) is 124 Å². The number of rotatable bonds is 11. The topological polar surface area (TPSA) is 163 Å². The molecule has 4 heterocycles. The Kier molecular flexibility index (Phi) is 13.3. The minimum absolute atomic E-state index is 0.0165. The van der Waals surface area contributed by atoms with Crippen LogP contribution in [0.2, 0.25) is 5.02 Å². The zero-order valence-electron chi connectivity index (χ0n) is 32.5. The number of carbonyl (C=O) groups excluding carboxylic acids is 4. The molecule has 1 unspecified atom stereocenters. The first-order chi connectivity index (χ1) is 28.1. The van der Waals surface area contributed by atoms with E-state index in [2.05, 4.69) is 20.9 Å². The summed E-state index contributed by atoms with van der Waals surface area (Å²) in [5.41, 5.74) is -2.92. The number of halogens is 7. The molecular weight excluding hydrogens is 844 g/mol. The number of benzene rings is 1. The molecule has 3 saturated heterocycles. The lowest BCUT2D eigenvalue weighted by Crippen LogP contribution is -2.60. The average Bonchev–Trinajstić information content (AvgIpc) is 3.34. The fourth-order valence-corrected chi connectivity index (χ4v) is 8.89. The second kappa shape index (κ2) is 17.8. The fourth-order valence-electron chi connectivity index (χ4n) is 8.09. The number of piperidine rings is 1. The number of carbonyl (C=O) groups is 4. The third kappa shape index (κ3) is 10.1. The summed E-state index contributed by atoms with van der Waals surface area (Å²) in [6, 6.07) is 3.65. The van der Waals surface area contributed by atoms with E-state index in [-0.39, 0.29) is 85.2 Å². The highest BCUT2D eigenvalue weighted by Crippen LogP contribution is 2.40. The van der Waals surface area contributed by atoms with Crippen molar-refractivity contribution in [2.45, 2.75) is 94.5 Å². The van der Waals surface area contributed by atoms with E-state index >= 15 is 0 Å². The van der Waals surface area contributed by atoms with E-state index in [0.29, 0.717) is 37.4 Å². The Morgan fingerprint density at radius 1 is 1.05 bits per heavy atom. The minimum Gasteiger partial charge on any atom is -0.377 e. The number of piperazine rings is 1. The van der Waals surface area contributed by atoms with Crippen LogP contribution in [0.5, 0.6) is 0 Å². The lowest BCUT2D eigenvalue weighted by molar-refractivity contribution is -0.197. The molecule has 0 spiro atoms. The molecule has 1 saturated carbocycles. The van der Waals surface area contributed by atoms with E-state index in [1.165, 1.54) is 24.3 Å². The van der Waals surface area contributed by atoms with Gasteiger partial charge >= 0.3 is 12.4 Å². The molecule has 3 aliphatic heterocycles. The third-order valence-corrected chi connectivity index (χ3v) is 11.7. The maximum Gasteiger partial charge on any atom is 0.419 e. The van der Waals surface area contributed by atoms with E-state index in [0.717, 1.165) is 16.0 Å². The fraction of sp³-hybridized carbons (Fsp3) is 0.553. The monoisotopic (exact) mass is 885 g/mol. The van der Waals surface area contributed by atoms with E-state index in [1.54, 1.807) is 23.6 Å². The van der Waals surface area contributed by atoms with Crippen molar-refractivity contribution in [2.75, 3.05) is 54.9 Å². The first-order valence-corrected chi connectivity index (χ1v) is 19.9. The van der Waals surface area contributed by atoms with Gasteiger partial charge < -0.3 is 20.3 Å². The SMILES string of the molecule is CC1(C)C(=O)N(c2cnc(C#N)c(C(F)(F)F)c2)C(=S)N1C1CCC(OCCN2CCN(CC(=O)Nc3cc(Cl)cc(NC4CCC(=O)NC4=O)c3)[C@@H](C(F)(F)F)C2)CC1. The van der Waals surface area contributed by atoms with E-state index in [4.69, 9.17) is 33.8 Å². The molecule has 1 aromatic heterocycles. The molecule has 4 fully saturated rings. The molecule has 1 aromatic carbocycles. The number of anilines is 3. The summed E-state index contributed by atoms with van der Waals surface area (Å²) >= 11 is 11.9. The quantitative estimate of drug-likeness (QED) is 0.156. The normalized spacial score (nSPS) is 24.3. The molecule has 6 rings (SSSR count). The number of thiocarbonyl (C=S) groups is 1. The van der Waals surface area contributed by atoms with Crippen molar-refractivity contribution in [2.24, 2.45) is 0 Å². The Bertz CT molecular complexity index is 2060. The number of alkyl halides is 6. The summed E-state index contributed by atoms with van der Waals surface area (Å²) in [4.78, 5) is 59.3. The molecule has 4 aliphatic rings. The molecule has 14 nitrogen and oxygen atoms in total. The predicted octanol–water partition coefficient (Wildman–Crippen LogP) is 5.07. The number of amides is 4. The van der Waals surface area contributed by atoms with Crippen molar-refractivity contribution in [3.05, 3.63) is 46.7 Å². The van der Waals surface area contributed by atoms with E-state index in [1.807, 2.05) is 0 Å². The van der Waals surface area contributed by atoms with Crippen molar-refractivity contribution < 1.29 is 50.3 Å². The lowest BCUT2D eigenvalue weighted by Gasteiger charge is -2.42. The minimum atomic E-state index is -4.88. The Balaban J connectivity index is 0.980. The Hall–Kier alpha value is -4.62. The molecule has 4 amide bonds. The molecule has 3 N–H and O–H groups in total. The first-order valence-electron chi connectivity index (χ1n) is 19.2. The van der Waals surface area contributed by atoms with Gasteiger partial charge in [0.15, 0.2) is 10.8 Å². The average molecular weight is 886 g/mol. The molecular formula is C38H42ClF6N9O5S. The van der Waals surface area contributed by atoms with Gasteiger partial charge in [-0.2, -0.15) is 31.6 Å². The number of hydrogen-bond donors (Lipinski definition) is 3. The third-order valence-electron chi connectivity index (χ3n) is 11.1. The van der Waals surface area contributed by atoms with Crippen LogP contribution in [-0.2, 0) is 30.1 Å². The van der Waals surface area contributed by atoms with Gasteiger partial charge in [0.1, 0.15) is 23.7 Å². The van der Waals surface area contributed by atoms with Gasteiger partial charge in [-0.25, -0.2) is 4.98 Å². The van der Waals surface area contributed by atoms with Gasteiger partial charge in [0.25, 0.3) is 5.91 Å². The Morgan fingerprint density at radius 3 is 2.40 bits per heavy atom. The van der Waals surface area contributed by atoms with Crippen molar-refractivity contribution >= 4 is 69.6 Å². The summed E-state index contributed by atoms with van der Waals surface area (Å²) in [6.07, 6.45) is -6.20. The number of imide groups is 1. The molecule has 22 heteroatoms. The van der Waals surface area contributed by atoms with Gasteiger partial charge in [-0.15, -0.1) is 0 Å². The molecule has 60 heavy (non-hydrogen) atoms. The number of ether oxygens (including phenoxy) is 1. The van der Waals surface area contributed by atoms with Crippen LogP contribution in [0.25, 0.3) is 0 Å². The van der Waals surface area contributed by atoms with Gasteiger partial charge in [-0.05, 0) is 82.4 Å². The zero-order valence-corrected chi connectivity index (χ0v) is 34.0. The van der Waals surface area contributed by atoms with E-state index < -0.39 is 65.5 Å². The predicted molar refractivity (Wildman–Crippen MR) is 210 cm³/mol. The van der Waals surface area contributed by atoms with Crippen LogP contribution in [0, 0.1) is 11.3 Å². The lowest BCUT2D eigenvalue weighted by atomic mass is 9.89. The van der Waals surface area contributed by atoms with E-state index in [9.17, 15) is 45.5 Å². The number of pyridine rings is 1. The number of nitrogens with zero attached hydrogens (tertiary/aromatic N) is 6. The van der Waals surface area contributed by atoms with Crippen LogP contribution in [0.4, 0.5) is 43.4 Å². The maximum absolute atomic E-state index is 14.3. The summed E-state index contributed by atoms with van der Waals surface area (Å²) in [7, 11) is 0. The Morgan fingerprint density at radius 2 is 1.75 bits per heavy atom. The maximum atomic E-state index is 14.3. The number of nitrogens with one attached hydrogen (secondary N) is 3. The number of nitriles is 1. The van der Waals surface area contributed by atoms with Crippen molar-refractivity contribution in [3.8, 4) is 6.07 Å². The van der Waals surface area contributed by atoms with Gasteiger partial charge in [-0.3, -0.25) is 39.2 Å². The summed E-state index contributed by atoms with van der Waals surface area (Å²) in [5.74, 6) is -2.13. The van der Waals surface area contributed by atoms with Crippen LogP contribution in [0.15, 0.2) is 30.5 Å². The zero-order chi connectivity index (χ0) is 43.7. The smallest absolute Gasteiger partial charge is 0.377 e. The molecule has 1 aliphatic carbocycles. The van der Waals surface area contributed by atoms with Gasteiger partial charge in [0, 0.05) is 55.0 Å². The van der Waals surface area contributed by atoms with Gasteiger partial charge in [0.05, 0.1) is 36.7 Å². The summed E-state index contributed by atoms with van der Waals surface area (Å²) in [6.45, 7) is 2.91. The molecule has 2 atom stereocenters. The van der Waals surface area contributed by atoms with Crippen LogP contribution in [0.3, 0.4) is 0 Å². The number of aromatic nitrogens is 1. The van der Waals surface area contributed by atoms with Crippen molar-refractivity contribution in [1.29, 1.82) is 5.26 Å². The highest BCUT2D eigenvalue weighted by molar-refractivity contribution is 7.80. The van der Waals surface area contributed by atoms with Crippen LogP contribution in [0.1, 0.15) is 63.6 Å². The summed E-state index contributed by atoms with van der Waals surface area (Å²) < 4.78 is 90.1. The van der Waals surface area contributed by atoms with Gasteiger partial charge in [0.2, 0.25) is 17.7 Å². The highest BCUT2D eigenvalue weighted by atomic mass is 35.5. The Labute approximate surface area is 351 Å². The molecule has 0 radical (unpaired) electrons. The summed E-state index contributed by atoms with van der Waals surface area (Å²) in [5, 5.41) is 17.1. The van der Waals surface area contributed by atoms with Crippen molar-refractivity contribution in [3.63, 3.8) is 0 Å². The second-order valence-corrected chi connectivity index (χ2v) is 16.4. The highest BCUT2D eigenvalue weighted by Gasteiger charge is 2.53. The van der Waals surface area contributed by atoms with Crippen LogP contribution >= 0.6 is 23.8 Å². The standard InChI is InChI=1S/C38H42ClF6N9O5S/c1-36(2)34(58)53(25-16-27(37(40,41)42)29(17-46)47-18-25)35(60)54(36)24-3-5-26(6-4-24)59-12-11-51-9-10-52(30(19-51)38(43,44)45)20-32(56)49-23-14-21(39)13-22(15-23)48-28-7-8-31(55)50-33(28)57/h13-16,18,24,26,28,30,48H,3-12,19-20H2,1-2H3,(H,49,56)(H,50,55,57)/t24?,26?,28?,30-/m1/s1. The van der Waals surface area contributed by atoms with Crippen LogP contribution < -0.4 is 20.9 Å². The van der Waals surface area contributed by atoms with Gasteiger partial charge in [-0.1, -0.05) is 11.6 Å².